The highest BCUT2D eigenvalue weighted by molar-refractivity contribution is 7.13. The Balaban J connectivity index is 2.05. The summed E-state index contributed by atoms with van der Waals surface area (Å²) in [4.78, 5) is 12.6. The van der Waals surface area contributed by atoms with Crippen LogP contribution in [0.25, 0.3) is 0 Å². The molecule has 11 heavy (non-hydrogen) atoms. The van der Waals surface area contributed by atoms with Crippen molar-refractivity contribution in [3.63, 3.8) is 0 Å². The molecule has 1 nitrogen and oxygen atoms in total. The Hall–Kier alpha value is -0.630. The monoisotopic (exact) mass is 166 g/mol. The summed E-state index contributed by atoms with van der Waals surface area (Å²) in [5, 5.41) is 0. The van der Waals surface area contributed by atoms with Gasteiger partial charge in [0.25, 0.3) is 0 Å². The van der Waals surface area contributed by atoms with Gasteiger partial charge in [-0.2, -0.15) is 0 Å². The quantitative estimate of drug-likeness (QED) is 0.630. The van der Waals surface area contributed by atoms with Gasteiger partial charge in [-0.15, -0.1) is 11.3 Å². The van der Waals surface area contributed by atoms with Gasteiger partial charge in [0.1, 0.15) is 0 Å². The Bertz CT molecular complexity index is 260. The lowest BCUT2D eigenvalue weighted by Gasteiger charge is -1.89. The van der Waals surface area contributed by atoms with Gasteiger partial charge < -0.3 is 0 Å². The predicted molar refractivity (Wildman–Crippen MR) is 46.1 cm³/mol. The van der Waals surface area contributed by atoms with Gasteiger partial charge in [0, 0.05) is 4.88 Å². The summed E-state index contributed by atoms with van der Waals surface area (Å²) in [5.74, 6) is 0.924. The average Bonchev–Trinajstić information content (AvgIpc) is 2.68. The fraction of sp³-hybridized carbons (Fsp3) is 0.444. The summed E-state index contributed by atoms with van der Waals surface area (Å²) >= 11 is 1.63. The SMILES string of the molecule is O=Cc1ccc(CC2CC2)s1. The van der Waals surface area contributed by atoms with Crippen molar-refractivity contribution in [3.05, 3.63) is 21.9 Å². The molecule has 1 fully saturated rings. The topological polar surface area (TPSA) is 17.1 Å². The van der Waals surface area contributed by atoms with Crippen LogP contribution < -0.4 is 0 Å². The molecule has 2 heteroatoms. The van der Waals surface area contributed by atoms with Gasteiger partial charge >= 0.3 is 0 Å². The van der Waals surface area contributed by atoms with Gasteiger partial charge in [-0.25, -0.2) is 0 Å². The Kier molecular flexibility index (Phi) is 1.78. The zero-order valence-corrected chi connectivity index (χ0v) is 7.06. The first-order valence-electron chi connectivity index (χ1n) is 3.92. The molecule has 0 atom stereocenters. The smallest absolute Gasteiger partial charge is 0.160 e. The molecule has 0 aromatic carbocycles. The molecule has 0 aliphatic heterocycles. The van der Waals surface area contributed by atoms with Gasteiger partial charge in [0.05, 0.1) is 4.88 Å². The summed E-state index contributed by atoms with van der Waals surface area (Å²) < 4.78 is 0. The maximum atomic E-state index is 10.3. The third-order valence-corrected chi connectivity index (χ3v) is 3.02. The van der Waals surface area contributed by atoms with Crippen LogP contribution in [-0.4, -0.2) is 6.29 Å². The number of aldehydes is 1. The third kappa shape index (κ3) is 1.69. The number of carbonyl (C=O) groups excluding carboxylic acids is 1. The Morgan fingerprint density at radius 2 is 2.36 bits per heavy atom. The normalized spacial score (nSPS) is 16.7. The standard InChI is InChI=1S/C9H10OS/c10-6-9-4-3-8(11-9)5-7-1-2-7/h3-4,6-7H,1-2,5H2. The van der Waals surface area contributed by atoms with E-state index in [0.29, 0.717) is 0 Å². The van der Waals surface area contributed by atoms with Crippen LogP contribution in [0.1, 0.15) is 27.4 Å². The molecule has 2 rings (SSSR count). The highest BCUT2D eigenvalue weighted by atomic mass is 32.1. The van der Waals surface area contributed by atoms with E-state index in [0.717, 1.165) is 17.1 Å². The zero-order chi connectivity index (χ0) is 7.68. The van der Waals surface area contributed by atoms with Crippen LogP contribution >= 0.6 is 11.3 Å². The highest BCUT2D eigenvalue weighted by Gasteiger charge is 2.21. The lowest BCUT2D eigenvalue weighted by Crippen LogP contribution is -1.79. The van der Waals surface area contributed by atoms with Crippen molar-refractivity contribution in [1.29, 1.82) is 0 Å². The van der Waals surface area contributed by atoms with Crippen molar-refractivity contribution >= 4 is 17.6 Å². The molecule has 1 aliphatic rings. The molecule has 1 aromatic rings. The van der Waals surface area contributed by atoms with E-state index < -0.39 is 0 Å². The van der Waals surface area contributed by atoms with Crippen molar-refractivity contribution in [2.45, 2.75) is 19.3 Å². The molecule has 0 radical (unpaired) electrons. The van der Waals surface area contributed by atoms with Crippen molar-refractivity contribution in [2.24, 2.45) is 5.92 Å². The fourth-order valence-corrected chi connectivity index (χ4v) is 2.12. The van der Waals surface area contributed by atoms with Crippen LogP contribution in [0.3, 0.4) is 0 Å². The Morgan fingerprint density at radius 1 is 1.55 bits per heavy atom. The molecule has 1 aromatic heterocycles. The number of hydrogen-bond acceptors (Lipinski definition) is 2. The molecule has 0 N–H and O–H groups in total. The second-order valence-corrected chi connectivity index (χ2v) is 4.27. The molecule has 1 saturated carbocycles. The van der Waals surface area contributed by atoms with E-state index in [2.05, 4.69) is 6.07 Å². The molecule has 0 bridgehead atoms. The van der Waals surface area contributed by atoms with Crippen LogP contribution in [0.2, 0.25) is 0 Å². The van der Waals surface area contributed by atoms with Gasteiger partial charge in [0.2, 0.25) is 0 Å². The Morgan fingerprint density at radius 3 is 2.91 bits per heavy atom. The molecular weight excluding hydrogens is 156 g/mol. The van der Waals surface area contributed by atoms with Crippen molar-refractivity contribution in [1.82, 2.24) is 0 Å². The Labute approximate surface area is 70.1 Å². The third-order valence-electron chi connectivity index (χ3n) is 1.99. The zero-order valence-electron chi connectivity index (χ0n) is 6.25. The van der Waals surface area contributed by atoms with Crippen LogP contribution in [0.5, 0.6) is 0 Å². The van der Waals surface area contributed by atoms with Crippen LogP contribution in [0.4, 0.5) is 0 Å². The fourth-order valence-electron chi connectivity index (χ4n) is 1.17. The van der Waals surface area contributed by atoms with Crippen LogP contribution in [-0.2, 0) is 6.42 Å². The van der Waals surface area contributed by atoms with Crippen LogP contribution in [0, 0.1) is 5.92 Å². The van der Waals surface area contributed by atoms with E-state index in [4.69, 9.17) is 0 Å². The molecule has 0 unspecified atom stereocenters. The summed E-state index contributed by atoms with van der Waals surface area (Å²) in [6, 6.07) is 3.99. The molecular formula is C9H10OS. The maximum Gasteiger partial charge on any atom is 0.160 e. The number of rotatable bonds is 3. The summed E-state index contributed by atoms with van der Waals surface area (Å²) in [6.45, 7) is 0. The van der Waals surface area contributed by atoms with Crippen LogP contribution in [0.15, 0.2) is 12.1 Å². The minimum atomic E-state index is 0.862. The lowest BCUT2D eigenvalue weighted by molar-refractivity contribution is 0.112. The van der Waals surface area contributed by atoms with Crippen molar-refractivity contribution < 1.29 is 4.79 Å². The number of thiophene rings is 1. The van der Waals surface area contributed by atoms with Gasteiger partial charge in [-0.05, 0) is 37.3 Å². The lowest BCUT2D eigenvalue weighted by atomic mass is 10.2. The summed E-state index contributed by atoms with van der Waals surface area (Å²) in [7, 11) is 0. The molecule has 0 amide bonds. The van der Waals surface area contributed by atoms with Gasteiger partial charge in [-0.3, -0.25) is 4.79 Å². The van der Waals surface area contributed by atoms with Gasteiger partial charge in [0.15, 0.2) is 6.29 Å². The first-order chi connectivity index (χ1) is 5.38. The first kappa shape index (κ1) is 7.04. The molecule has 1 aliphatic carbocycles. The summed E-state index contributed by atoms with van der Waals surface area (Å²) in [5.41, 5.74) is 0. The molecule has 58 valence electrons. The van der Waals surface area contributed by atoms with Crippen molar-refractivity contribution in [2.75, 3.05) is 0 Å². The summed E-state index contributed by atoms with van der Waals surface area (Å²) in [6.07, 6.45) is 4.89. The minimum absolute atomic E-state index is 0.862. The van der Waals surface area contributed by atoms with E-state index in [1.54, 1.807) is 11.3 Å². The van der Waals surface area contributed by atoms with E-state index >= 15 is 0 Å². The van der Waals surface area contributed by atoms with E-state index in [-0.39, 0.29) is 0 Å². The molecule has 0 saturated heterocycles. The first-order valence-corrected chi connectivity index (χ1v) is 4.74. The second-order valence-electron chi connectivity index (χ2n) is 3.07. The van der Waals surface area contributed by atoms with Crippen molar-refractivity contribution in [3.8, 4) is 0 Å². The van der Waals surface area contributed by atoms with E-state index in [1.165, 1.54) is 24.1 Å². The van der Waals surface area contributed by atoms with E-state index in [1.807, 2.05) is 6.07 Å². The number of carbonyl (C=O) groups is 1. The average molecular weight is 166 g/mol. The largest absolute Gasteiger partial charge is 0.297 e. The van der Waals surface area contributed by atoms with E-state index in [9.17, 15) is 4.79 Å². The molecule has 0 spiro atoms. The maximum absolute atomic E-state index is 10.3. The second kappa shape index (κ2) is 2.78. The molecule has 1 heterocycles. The number of hydrogen-bond donors (Lipinski definition) is 0. The highest BCUT2D eigenvalue weighted by Crippen LogP contribution is 2.34. The predicted octanol–water partition coefficient (Wildman–Crippen LogP) is 2.51. The minimum Gasteiger partial charge on any atom is -0.297 e. The van der Waals surface area contributed by atoms with Gasteiger partial charge in [-0.1, -0.05) is 0 Å².